The fourth-order valence-corrected chi connectivity index (χ4v) is 4.89. The standard InChI is InChI=1S/C22H28N6O2S/c1-13-15(3)31-22(23-13)25-19(29)7-8-20(30)28-11-9-16(10-12-28)18-6-5-17-14(2)26-27(4)21(17)24-18/h5-6,16H,7-12H2,1-4H3,(H,23,25,29). The number of carbonyl (C=O) groups excluding carboxylic acids is 2. The van der Waals surface area contributed by atoms with E-state index in [1.54, 1.807) is 0 Å². The Balaban J connectivity index is 1.27. The molecule has 3 aromatic rings. The van der Waals surface area contributed by atoms with E-state index in [2.05, 4.69) is 27.5 Å². The monoisotopic (exact) mass is 440 g/mol. The molecule has 31 heavy (non-hydrogen) atoms. The summed E-state index contributed by atoms with van der Waals surface area (Å²) in [6.45, 7) is 7.27. The second-order valence-electron chi connectivity index (χ2n) is 8.18. The van der Waals surface area contributed by atoms with Gasteiger partial charge in [0, 0.05) is 54.9 Å². The highest BCUT2D eigenvalue weighted by Gasteiger charge is 2.25. The summed E-state index contributed by atoms with van der Waals surface area (Å²) in [5.41, 5.74) is 3.88. The van der Waals surface area contributed by atoms with Crippen molar-refractivity contribution in [2.24, 2.45) is 7.05 Å². The van der Waals surface area contributed by atoms with E-state index in [0.29, 0.717) is 24.1 Å². The van der Waals surface area contributed by atoms with Crippen molar-refractivity contribution in [2.45, 2.75) is 52.4 Å². The van der Waals surface area contributed by atoms with Gasteiger partial charge in [-0.05, 0) is 45.7 Å². The summed E-state index contributed by atoms with van der Waals surface area (Å²) < 4.78 is 1.83. The molecule has 0 radical (unpaired) electrons. The van der Waals surface area contributed by atoms with Gasteiger partial charge in [-0.3, -0.25) is 14.3 Å². The number of nitrogens with one attached hydrogen (secondary N) is 1. The smallest absolute Gasteiger partial charge is 0.226 e. The van der Waals surface area contributed by atoms with E-state index >= 15 is 0 Å². The predicted molar refractivity (Wildman–Crippen MR) is 121 cm³/mol. The topological polar surface area (TPSA) is 93.0 Å². The normalized spacial score (nSPS) is 14.9. The Bertz CT molecular complexity index is 1110. The number of fused-ring (bicyclic) bond motifs is 1. The molecule has 3 aromatic heterocycles. The van der Waals surface area contributed by atoms with Crippen molar-refractivity contribution >= 4 is 39.3 Å². The fraction of sp³-hybridized carbons (Fsp3) is 0.500. The summed E-state index contributed by atoms with van der Waals surface area (Å²) in [4.78, 5) is 36.8. The molecule has 0 unspecified atom stereocenters. The molecule has 9 heteroatoms. The summed E-state index contributed by atoms with van der Waals surface area (Å²) in [5, 5.41) is 8.92. The van der Waals surface area contributed by atoms with Gasteiger partial charge in [-0.25, -0.2) is 9.97 Å². The molecular weight excluding hydrogens is 412 g/mol. The number of likely N-dealkylation sites (tertiary alicyclic amines) is 1. The van der Waals surface area contributed by atoms with Gasteiger partial charge in [0.05, 0.1) is 11.4 Å². The van der Waals surface area contributed by atoms with Gasteiger partial charge in [0.2, 0.25) is 11.8 Å². The lowest BCUT2D eigenvalue weighted by molar-refractivity contribution is -0.133. The second kappa shape index (κ2) is 8.74. The lowest BCUT2D eigenvalue weighted by Gasteiger charge is -2.31. The molecule has 1 N–H and O–H groups in total. The molecule has 1 saturated heterocycles. The fourth-order valence-electron chi connectivity index (χ4n) is 4.06. The van der Waals surface area contributed by atoms with E-state index in [0.717, 1.165) is 45.8 Å². The van der Waals surface area contributed by atoms with Crippen molar-refractivity contribution in [3.8, 4) is 0 Å². The number of amides is 2. The van der Waals surface area contributed by atoms with Gasteiger partial charge in [-0.15, -0.1) is 11.3 Å². The zero-order valence-corrected chi connectivity index (χ0v) is 19.3. The largest absolute Gasteiger partial charge is 0.343 e. The van der Waals surface area contributed by atoms with E-state index in [-0.39, 0.29) is 24.7 Å². The third-order valence-electron chi connectivity index (χ3n) is 6.00. The van der Waals surface area contributed by atoms with E-state index in [1.807, 2.05) is 37.4 Å². The predicted octanol–water partition coefficient (Wildman–Crippen LogP) is 3.47. The first-order valence-electron chi connectivity index (χ1n) is 10.6. The van der Waals surface area contributed by atoms with Crippen LogP contribution in [0.4, 0.5) is 5.13 Å². The highest BCUT2D eigenvalue weighted by Crippen LogP contribution is 2.29. The van der Waals surface area contributed by atoms with Crippen molar-refractivity contribution in [1.82, 2.24) is 24.6 Å². The molecule has 164 valence electrons. The van der Waals surface area contributed by atoms with Crippen LogP contribution in [0.25, 0.3) is 11.0 Å². The number of aryl methyl sites for hydroxylation is 4. The zero-order valence-electron chi connectivity index (χ0n) is 18.4. The van der Waals surface area contributed by atoms with Crippen molar-refractivity contribution in [3.63, 3.8) is 0 Å². The lowest BCUT2D eigenvalue weighted by atomic mass is 9.92. The van der Waals surface area contributed by atoms with Crippen LogP contribution in [-0.4, -0.2) is 49.6 Å². The molecule has 1 fully saturated rings. The summed E-state index contributed by atoms with van der Waals surface area (Å²) in [5.74, 6) is 0.204. The first-order valence-corrected chi connectivity index (χ1v) is 11.5. The minimum absolute atomic E-state index is 0.0331. The van der Waals surface area contributed by atoms with E-state index in [9.17, 15) is 9.59 Å². The summed E-state index contributed by atoms with van der Waals surface area (Å²) >= 11 is 1.46. The van der Waals surface area contributed by atoms with E-state index < -0.39 is 0 Å². The molecule has 1 aliphatic heterocycles. The molecule has 0 bridgehead atoms. The quantitative estimate of drug-likeness (QED) is 0.656. The number of carbonyl (C=O) groups is 2. The van der Waals surface area contributed by atoms with Gasteiger partial charge in [-0.2, -0.15) is 5.10 Å². The van der Waals surface area contributed by atoms with E-state index in [1.165, 1.54) is 11.3 Å². The van der Waals surface area contributed by atoms with Crippen LogP contribution in [0.5, 0.6) is 0 Å². The number of hydrogen-bond acceptors (Lipinski definition) is 6. The SMILES string of the molecule is Cc1nc(NC(=O)CCC(=O)N2CCC(c3ccc4c(C)nn(C)c4n3)CC2)sc1C. The molecule has 0 atom stereocenters. The maximum Gasteiger partial charge on any atom is 0.226 e. The molecule has 0 aromatic carbocycles. The van der Waals surface area contributed by atoms with Crippen molar-refractivity contribution in [3.05, 3.63) is 34.1 Å². The number of thiazole rings is 1. The molecule has 2 amide bonds. The Hall–Kier alpha value is -2.81. The molecule has 0 aliphatic carbocycles. The number of piperidine rings is 1. The van der Waals surface area contributed by atoms with Crippen LogP contribution in [-0.2, 0) is 16.6 Å². The van der Waals surface area contributed by atoms with Gasteiger partial charge < -0.3 is 10.2 Å². The van der Waals surface area contributed by atoms with Crippen molar-refractivity contribution in [2.75, 3.05) is 18.4 Å². The lowest BCUT2D eigenvalue weighted by Crippen LogP contribution is -2.38. The van der Waals surface area contributed by atoms with Gasteiger partial charge >= 0.3 is 0 Å². The van der Waals surface area contributed by atoms with Gasteiger partial charge in [0.15, 0.2) is 10.8 Å². The van der Waals surface area contributed by atoms with Gasteiger partial charge in [-0.1, -0.05) is 0 Å². The molecule has 8 nitrogen and oxygen atoms in total. The Morgan fingerprint density at radius 2 is 1.84 bits per heavy atom. The Labute approximate surface area is 185 Å². The van der Waals surface area contributed by atoms with Crippen LogP contribution in [0.2, 0.25) is 0 Å². The van der Waals surface area contributed by atoms with Gasteiger partial charge in [0.1, 0.15) is 0 Å². The average molecular weight is 441 g/mol. The third-order valence-corrected chi connectivity index (χ3v) is 6.99. The van der Waals surface area contributed by atoms with Crippen LogP contribution >= 0.6 is 11.3 Å². The van der Waals surface area contributed by atoms with Crippen LogP contribution in [0.3, 0.4) is 0 Å². The van der Waals surface area contributed by atoms with Crippen LogP contribution in [0.1, 0.15) is 53.6 Å². The minimum Gasteiger partial charge on any atom is -0.343 e. The first kappa shape index (κ1) is 21.4. The number of aromatic nitrogens is 4. The number of anilines is 1. The molecule has 0 spiro atoms. The first-order chi connectivity index (χ1) is 14.8. The second-order valence-corrected chi connectivity index (χ2v) is 9.38. The molecule has 4 heterocycles. The average Bonchev–Trinajstić information content (AvgIpc) is 3.23. The van der Waals surface area contributed by atoms with Crippen LogP contribution in [0, 0.1) is 20.8 Å². The number of hydrogen-bond donors (Lipinski definition) is 1. The Morgan fingerprint density at radius 1 is 1.10 bits per heavy atom. The summed E-state index contributed by atoms with van der Waals surface area (Å²) in [6.07, 6.45) is 2.16. The zero-order chi connectivity index (χ0) is 22.1. The van der Waals surface area contributed by atoms with Crippen molar-refractivity contribution in [1.29, 1.82) is 0 Å². The maximum absolute atomic E-state index is 12.6. The number of rotatable bonds is 5. The summed E-state index contributed by atoms with van der Waals surface area (Å²) in [6, 6.07) is 4.19. The highest BCUT2D eigenvalue weighted by molar-refractivity contribution is 7.15. The maximum atomic E-state index is 12.6. The summed E-state index contributed by atoms with van der Waals surface area (Å²) in [7, 11) is 1.92. The number of nitrogens with zero attached hydrogens (tertiary/aromatic N) is 5. The van der Waals surface area contributed by atoms with E-state index in [4.69, 9.17) is 4.98 Å². The molecule has 1 aliphatic rings. The molecule has 0 saturated carbocycles. The minimum atomic E-state index is -0.166. The highest BCUT2D eigenvalue weighted by atomic mass is 32.1. The van der Waals surface area contributed by atoms with Crippen molar-refractivity contribution < 1.29 is 9.59 Å². The Kier molecular flexibility index (Phi) is 6.04. The van der Waals surface area contributed by atoms with Crippen LogP contribution < -0.4 is 5.32 Å². The van der Waals surface area contributed by atoms with Gasteiger partial charge in [0.25, 0.3) is 0 Å². The molecule has 4 rings (SSSR count). The number of pyridine rings is 1. The third kappa shape index (κ3) is 4.61. The Morgan fingerprint density at radius 3 is 2.52 bits per heavy atom. The van der Waals surface area contributed by atoms with Crippen LogP contribution in [0.15, 0.2) is 12.1 Å². The molecular formula is C22H28N6O2S.